The Labute approximate surface area is 499 Å². The second-order valence-electron chi connectivity index (χ2n) is 22.7. The average molecular weight is 1190 g/mol. The van der Waals surface area contributed by atoms with Crippen LogP contribution < -0.4 is 26.0 Å². The number of nitrogens with zero attached hydrogens (tertiary/aromatic N) is 4. The minimum Gasteiger partial charge on any atom is -0.497 e. The van der Waals surface area contributed by atoms with Gasteiger partial charge in [0.2, 0.25) is 11.8 Å². The predicted octanol–water partition coefficient (Wildman–Crippen LogP) is 9.72. The van der Waals surface area contributed by atoms with Crippen LogP contribution in [0.1, 0.15) is 146 Å². The summed E-state index contributed by atoms with van der Waals surface area (Å²) in [6.45, 7) is 7.12. The second kappa shape index (κ2) is 32.6. The number of carbonyl (C=O) groups is 6. The zero-order chi connectivity index (χ0) is 59.0. The van der Waals surface area contributed by atoms with Crippen molar-refractivity contribution in [3.63, 3.8) is 0 Å². The van der Waals surface area contributed by atoms with Crippen molar-refractivity contribution in [2.75, 3.05) is 59.6 Å². The summed E-state index contributed by atoms with van der Waals surface area (Å²) in [5.41, 5.74) is 2.43. The number of urea groups is 2. The summed E-state index contributed by atoms with van der Waals surface area (Å²) in [6, 6.07) is 10.3. The Kier molecular flexibility index (Phi) is 25.3. The maximum atomic E-state index is 13.9. The van der Waals surface area contributed by atoms with E-state index in [2.05, 4.69) is 41.2 Å². The fraction of sp³-hybridized carbons (Fsp3) is 0.613. The van der Waals surface area contributed by atoms with E-state index in [1.165, 1.54) is 12.8 Å². The zero-order valence-corrected chi connectivity index (χ0v) is 50.4. The molecule has 2 aromatic heterocycles. The Morgan fingerprint density at radius 2 is 1.12 bits per heavy atom. The minimum absolute atomic E-state index is 0.106. The first kappa shape index (κ1) is 64.2. The van der Waals surface area contributed by atoms with Crippen LogP contribution in [0, 0.1) is 22.7 Å². The van der Waals surface area contributed by atoms with Gasteiger partial charge in [-0.05, 0) is 132 Å². The normalized spacial score (nSPS) is 17.8. The summed E-state index contributed by atoms with van der Waals surface area (Å²) < 4.78 is 16.4. The molecule has 0 radical (unpaired) electrons. The predicted molar refractivity (Wildman–Crippen MR) is 319 cm³/mol. The topological polar surface area (TPSA) is 242 Å². The number of unbranched alkanes of at least 4 members (excludes halogenated alkanes) is 2. The van der Waals surface area contributed by atoms with E-state index in [4.69, 9.17) is 37.4 Å². The van der Waals surface area contributed by atoms with Gasteiger partial charge >= 0.3 is 24.0 Å². The van der Waals surface area contributed by atoms with Crippen molar-refractivity contribution in [2.24, 2.45) is 22.7 Å². The number of likely N-dealkylation sites (tertiary alicyclic amines) is 2. The highest BCUT2D eigenvalue weighted by Crippen LogP contribution is 2.48. The largest absolute Gasteiger partial charge is 0.497 e. The van der Waals surface area contributed by atoms with Crippen LogP contribution in [0.5, 0.6) is 5.75 Å². The Balaban J connectivity index is 0.000000239. The summed E-state index contributed by atoms with van der Waals surface area (Å²) in [5, 5.41) is 12.5. The molecule has 0 spiro atoms. The van der Waals surface area contributed by atoms with Crippen LogP contribution in [0.3, 0.4) is 0 Å². The first-order valence-corrected chi connectivity index (χ1v) is 31.1. The molecule has 2 aliphatic heterocycles. The molecular weight excluding hydrogens is 1100 g/mol. The van der Waals surface area contributed by atoms with Crippen LogP contribution >= 0.6 is 23.2 Å². The van der Waals surface area contributed by atoms with Gasteiger partial charge in [-0.15, -0.1) is 0 Å². The number of aromatic nitrogens is 4. The molecule has 2 saturated heterocycles. The van der Waals surface area contributed by atoms with E-state index in [1.807, 2.05) is 49.2 Å². The first-order valence-electron chi connectivity index (χ1n) is 30.3. The van der Waals surface area contributed by atoms with Gasteiger partial charge in [0.15, 0.2) is 0 Å². The lowest BCUT2D eigenvalue weighted by atomic mass is 9.63. The third-order valence-corrected chi connectivity index (χ3v) is 18.1. The number of nitrogens with one attached hydrogen (secondary N) is 6. The average Bonchev–Trinajstić information content (AvgIpc) is 4.41. The Morgan fingerprint density at radius 3 is 1.59 bits per heavy atom. The molecule has 2 aromatic carbocycles. The van der Waals surface area contributed by atoms with Gasteiger partial charge in [-0.3, -0.25) is 19.2 Å². The highest BCUT2D eigenvalue weighted by Gasteiger charge is 2.51. The number of imidazole rings is 2. The van der Waals surface area contributed by atoms with E-state index in [0.29, 0.717) is 113 Å². The van der Waals surface area contributed by atoms with E-state index < -0.39 is 28.9 Å². The SMILES string of the molecule is CCOC(=O)C1(C2CCCCC2)CCN(C(=O)[C@@H](Cc2ccc(Cl)cc2Cl)NC(=O)NCCc2c[nH]cn2)CC1.CCOC(=O)C1(C2CCCCC2)CCN(C(=O)[C@@H](Cc2ccc(OC)cc2)NC(=O)NCCCCCc2c[nH]cn2)CC1. The molecule has 4 aliphatic rings. The van der Waals surface area contributed by atoms with Crippen LogP contribution in [0.15, 0.2) is 67.5 Å². The number of esters is 2. The molecule has 0 unspecified atom stereocenters. The summed E-state index contributed by atoms with van der Waals surface area (Å²) in [6.07, 6.45) is 25.2. The highest BCUT2D eigenvalue weighted by molar-refractivity contribution is 6.35. The molecule has 6 amide bonds. The molecule has 4 fully saturated rings. The number of methoxy groups -OCH3 is 1. The number of hydrogen-bond donors (Lipinski definition) is 6. The number of piperidine rings is 2. The van der Waals surface area contributed by atoms with E-state index in [0.717, 1.165) is 99.8 Å². The van der Waals surface area contributed by atoms with Crippen molar-refractivity contribution >= 4 is 59.0 Å². The maximum absolute atomic E-state index is 13.9. The molecule has 6 N–H and O–H groups in total. The highest BCUT2D eigenvalue weighted by atomic mass is 35.5. The lowest BCUT2D eigenvalue weighted by Crippen LogP contribution is -2.56. The van der Waals surface area contributed by atoms with E-state index in [1.54, 1.807) is 49.1 Å². The van der Waals surface area contributed by atoms with Crippen LogP contribution in [0.4, 0.5) is 9.59 Å². The minimum atomic E-state index is -0.839. The quantitative estimate of drug-likeness (QED) is 0.0285. The monoisotopic (exact) mass is 1190 g/mol. The van der Waals surface area contributed by atoms with Gasteiger partial charge in [0, 0.05) is 81.0 Å². The molecule has 2 saturated carbocycles. The molecule has 19 nitrogen and oxygen atoms in total. The number of aromatic amines is 2. The van der Waals surface area contributed by atoms with Crippen LogP contribution in [0.2, 0.25) is 10.0 Å². The Bertz CT molecular complexity index is 2650. The standard InChI is InChI=1S/C33H49N5O5.C29H39Cl2N5O4/c1-3-43-31(40)33(26-10-6-4-7-11-26)17-20-38(21-18-33)30(39)29(22-25-13-15-28(42-2)16-14-25)37-32(41)35-19-9-5-8-12-27-23-34-24-36-27;1-2-40-27(38)29(21-6-4-3-5-7-21)11-14-36(15-12-29)26(37)25(16-20-8-9-22(30)17-24(20)31)35-28(39)33-13-10-23-18-32-19-34-23/h13-16,23-24,26,29H,3-12,17-22H2,1-2H3,(H,34,36)(H2,35,37,41);8-9,17-19,21,25H,2-7,10-16H2,1H3,(H,32,34)(H2,33,35,39)/t29-;25-/m11/s1. The molecule has 4 heterocycles. The number of hydrogen-bond acceptors (Lipinski definition) is 11. The van der Waals surface area contributed by atoms with Gasteiger partial charge < -0.3 is 55.2 Å². The lowest BCUT2D eigenvalue weighted by Gasteiger charge is -2.46. The summed E-state index contributed by atoms with van der Waals surface area (Å²) in [5.74, 6) is 0.758. The van der Waals surface area contributed by atoms with E-state index in [9.17, 15) is 28.8 Å². The number of rotatable bonds is 24. The number of benzene rings is 2. The van der Waals surface area contributed by atoms with Crippen molar-refractivity contribution in [3.05, 3.63) is 100 Å². The van der Waals surface area contributed by atoms with Gasteiger partial charge in [-0.25, -0.2) is 19.6 Å². The van der Waals surface area contributed by atoms with Crippen molar-refractivity contribution in [2.45, 2.75) is 161 Å². The molecular formula is C62H88Cl2N10O9. The second-order valence-corrected chi connectivity index (χ2v) is 23.5. The van der Waals surface area contributed by atoms with Crippen molar-refractivity contribution in [1.29, 1.82) is 0 Å². The third-order valence-electron chi connectivity index (χ3n) is 17.5. The van der Waals surface area contributed by atoms with E-state index >= 15 is 0 Å². The number of carbonyl (C=O) groups excluding carboxylic acids is 6. The fourth-order valence-electron chi connectivity index (χ4n) is 12.8. The van der Waals surface area contributed by atoms with Gasteiger partial charge in [-0.1, -0.05) is 86.3 Å². The summed E-state index contributed by atoms with van der Waals surface area (Å²) >= 11 is 12.5. The smallest absolute Gasteiger partial charge is 0.315 e. The van der Waals surface area contributed by atoms with Crippen LogP contribution in [0.25, 0.3) is 0 Å². The van der Waals surface area contributed by atoms with Gasteiger partial charge in [0.25, 0.3) is 0 Å². The lowest BCUT2D eigenvalue weighted by molar-refractivity contribution is -0.166. The number of halogens is 2. The van der Waals surface area contributed by atoms with Crippen molar-refractivity contribution in [3.8, 4) is 5.75 Å². The summed E-state index contributed by atoms with van der Waals surface area (Å²) in [7, 11) is 1.62. The van der Waals surface area contributed by atoms with Crippen molar-refractivity contribution in [1.82, 2.24) is 51.0 Å². The molecule has 2 aliphatic carbocycles. The number of H-pyrrole nitrogens is 2. The van der Waals surface area contributed by atoms with Crippen LogP contribution in [-0.2, 0) is 54.3 Å². The number of amides is 6. The molecule has 83 heavy (non-hydrogen) atoms. The van der Waals surface area contributed by atoms with Crippen LogP contribution in [-0.4, -0.2) is 137 Å². The number of ether oxygens (including phenoxy) is 3. The zero-order valence-electron chi connectivity index (χ0n) is 48.9. The van der Waals surface area contributed by atoms with Gasteiger partial charge in [0.05, 0.1) is 55.2 Å². The van der Waals surface area contributed by atoms with Gasteiger partial charge in [-0.2, -0.15) is 0 Å². The van der Waals surface area contributed by atoms with Gasteiger partial charge in [0.1, 0.15) is 17.8 Å². The Morgan fingerprint density at radius 1 is 0.627 bits per heavy atom. The molecule has 8 rings (SSSR count). The molecule has 0 bridgehead atoms. The maximum Gasteiger partial charge on any atom is 0.315 e. The van der Waals surface area contributed by atoms with E-state index in [-0.39, 0.29) is 42.1 Å². The summed E-state index contributed by atoms with van der Waals surface area (Å²) in [4.78, 5) is 97.9. The third kappa shape index (κ3) is 18.3. The Hall–Kier alpha value is -6.34. The molecule has 2 atom stereocenters. The number of aryl methyl sites for hydroxylation is 1. The molecule has 21 heteroatoms. The first-order chi connectivity index (χ1) is 40.3. The fourth-order valence-corrected chi connectivity index (χ4v) is 13.3. The van der Waals surface area contributed by atoms with Crippen molar-refractivity contribution < 1.29 is 43.0 Å². The molecule has 4 aromatic rings. The molecule has 454 valence electrons.